The van der Waals surface area contributed by atoms with Gasteiger partial charge in [0.2, 0.25) is 11.8 Å². The molecule has 0 saturated carbocycles. The number of unbranched alkanes of at least 4 members (excludes halogenated alkanes) is 1. The van der Waals surface area contributed by atoms with Crippen LogP contribution in [0, 0.1) is 5.92 Å². The normalized spacial score (nSPS) is 24.3. The number of amides is 2. The summed E-state index contributed by atoms with van der Waals surface area (Å²) in [6.45, 7) is 10.4. The molecular formula is C15H28N2O2. The number of hydrogen-bond acceptors (Lipinski definition) is 2. The van der Waals surface area contributed by atoms with Gasteiger partial charge in [-0.25, -0.2) is 0 Å². The van der Waals surface area contributed by atoms with Crippen molar-refractivity contribution in [3.8, 4) is 0 Å². The summed E-state index contributed by atoms with van der Waals surface area (Å²) < 4.78 is 0. The quantitative estimate of drug-likeness (QED) is 0.803. The molecule has 110 valence electrons. The molecule has 1 N–H and O–H groups in total. The van der Waals surface area contributed by atoms with E-state index >= 15 is 0 Å². The van der Waals surface area contributed by atoms with Gasteiger partial charge in [0.1, 0.15) is 11.6 Å². The Morgan fingerprint density at radius 3 is 2.47 bits per heavy atom. The molecule has 1 aliphatic rings. The minimum absolute atomic E-state index is 0.0366. The first-order valence-electron chi connectivity index (χ1n) is 7.46. The second-order valence-corrected chi connectivity index (χ2v) is 6.16. The number of nitrogens with zero attached hydrogens (tertiary/aromatic N) is 1. The molecule has 1 heterocycles. The van der Waals surface area contributed by atoms with Crippen molar-refractivity contribution in [2.75, 3.05) is 6.54 Å². The average molecular weight is 268 g/mol. The lowest BCUT2D eigenvalue weighted by Crippen LogP contribution is -2.67. The average Bonchev–Trinajstić information content (AvgIpc) is 2.35. The van der Waals surface area contributed by atoms with Gasteiger partial charge >= 0.3 is 0 Å². The maximum atomic E-state index is 12.4. The molecule has 0 spiro atoms. The van der Waals surface area contributed by atoms with Gasteiger partial charge in [-0.05, 0) is 33.1 Å². The smallest absolute Gasteiger partial charge is 0.248 e. The van der Waals surface area contributed by atoms with Gasteiger partial charge in [-0.3, -0.25) is 9.59 Å². The summed E-state index contributed by atoms with van der Waals surface area (Å²) in [6, 6.07) is -0.351. The van der Waals surface area contributed by atoms with E-state index in [1.807, 2.05) is 6.92 Å². The second kappa shape index (κ2) is 6.40. The molecule has 1 fully saturated rings. The second-order valence-electron chi connectivity index (χ2n) is 6.16. The highest BCUT2D eigenvalue weighted by atomic mass is 16.2. The Kier molecular flexibility index (Phi) is 5.39. The highest BCUT2D eigenvalue weighted by molar-refractivity contribution is 5.99. The van der Waals surface area contributed by atoms with Gasteiger partial charge in [0.15, 0.2) is 0 Å². The van der Waals surface area contributed by atoms with E-state index in [0.717, 1.165) is 12.8 Å². The molecule has 0 aromatic heterocycles. The fourth-order valence-electron chi connectivity index (χ4n) is 2.58. The van der Waals surface area contributed by atoms with Crippen molar-refractivity contribution in [3.05, 3.63) is 0 Å². The van der Waals surface area contributed by atoms with E-state index in [9.17, 15) is 9.59 Å². The number of piperazine rings is 1. The van der Waals surface area contributed by atoms with Crippen molar-refractivity contribution in [2.45, 2.75) is 71.9 Å². The molecule has 4 heteroatoms. The fraction of sp³-hybridized carbons (Fsp3) is 0.867. The van der Waals surface area contributed by atoms with E-state index < -0.39 is 5.54 Å². The topological polar surface area (TPSA) is 49.4 Å². The number of rotatable bonds is 6. The lowest BCUT2D eigenvalue weighted by atomic mass is 9.93. The summed E-state index contributed by atoms with van der Waals surface area (Å²) in [5, 5.41) is 2.79. The molecule has 1 rings (SSSR count). The monoisotopic (exact) mass is 268 g/mol. The Morgan fingerprint density at radius 1 is 1.32 bits per heavy atom. The van der Waals surface area contributed by atoms with Crippen LogP contribution >= 0.6 is 0 Å². The first-order chi connectivity index (χ1) is 8.83. The molecular weight excluding hydrogens is 240 g/mol. The van der Waals surface area contributed by atoms with Gasteiger partial charge in [-0.2, -0.15) is 0 Å². The highest BCUT2D eigenvalue weighted by Gasteiger charge is 2.43. The van der Waals surface area contributed by atoms with Crippen LogP contribution in [0.25, 0.3) is 0 Å². The van der Waals surface area contributed by atoms with Crippen LogP contribution in [0.2, 0.25) is 0 Å². The Balaban J connectivity index is 2.77. The first-order valence-corrected chi connectivity index (χ1v) is 7.46. The van der Waals surface area contributed by atoms with Crippen molar-refractivity contribution in [3.63, 3.8) is 0 Å². The summed E-state index contributed by atoms with van der Waals surface area (Å²) >= 11 is 0. The zero-order valence-corrected chi connectivity index (χ0v) is 13.0. The Hall–Kier alpha value is -1.06. The molecule has 19 heavy (non-hydrogen) atoms. The molecule has 0 aromatic rings. The third kappa shape index (κ3) is 3.71. The largest absolute Gasteiger partial charge is 0.340 e. The zero-order chi connectivity index (χ0) is 14.6. The molecule has 2 amide bonds. The minimum atomic E-state index is -0.771. The summed E-state index contributed by atoms with van der Waals surface area (Å²) in [5.41, 5.74) is -0.771. The predicted molar refractivity (Wildman–Crippen MR) is 76.7 cm³/mol. The van der Waals surface area contributed by atoms with Crippen LogP contribution < -0.4 is 5.32 Å². The van der Waals surface area contributed by atoms with E-state index in [0.29, 0.717) is 12.5 Å². The molecule has 0 aliphatic carbocycles. The Bertz CT molecular complexity index is 339. The fourth-order valence-corrected chi connectivity index (χ4v) is 2.58. The molecule has 2 unspecified atom stereocenters. The highest BCUT2D eigenvalue weighted by Crippen LogP contribution is 2.22. The van der Waals surface area contributed by atoms with E-state index in [1.165, 1.54) is 12.8 Å². The van der Waals surface area contributed by atoms with Crippen LogP contribution in [0.4, 0.5) is 0 Å². The summed E-state index contributed by atoms with van der Waals surface area (Å²) in [6.07, 6.45) is 4.54. The van der Waals surface area contributed by atoms with Gasteiger partial charge < -0.3 is 10.2 Å². The SMILES string of the molecule is CCCCC(CC)CN1C(=O)C(C)(C)NC(=O)C1C. The molecule has 4 nitrogen and oxygen atoms in total. The molecule has 1 aliphatic heterocycles. The van der Waals surface area contributed by atoms with Crippen LogP contribution in [0.3, 0.4) is 0 Å². The maximum Gasteiger partial charge on any atom is 0.248 e. The first kappa shape index (κ1) is 16.0. The van der Waals surface area contributed by atoms with Crippen LogP contribution in [0.1, 0.15) is 60.3 Å². The van der Waals surface area contributed by atoms with Gasteiger partial charge in [-0.15, -0.1) is 0 Å². The predicted octanol–water partition coefficient (Wildman–Crippen LogP) is 2.33. The zero-order valence-electron chi connectivity index (χ0n) is 13.0. The summed E-state index contributed by atoms with van der Waals surface area (Å²) in [7, 11) is 0. The number of carbonyl (C=O) groups excluding carboxylic acids is 2. The third-order valence-electron chi connectivity index (χ3n) is 4.08. The van der Waals surface area contributed by atoms with Crippen LogP contribution in [-0.4, -0.2) is 34.8 Å². The van der Waals surface area contributed by atoms with Crippen molar-refractivity contribution in [1.82, 2.24) is 10.2 Å². The molecule has 0 bridgehead atoms. The van der Waals surface area contributed by atoms with E-state index in [2.05, 4.69) is 19.2 Å². The van der Waals surface area contributed by atoms with Gasteiger partial charge in [0.25, 0.3) is 0 Å². The third-order valence-corrected chi connectivity index (χ3v) is 4.08. The number of hydrogen-bond donors (Lipinski definition) is 1. The molecule has 1 saturated heterocycles. The van der Waals surface area contributed by atoms with E-state index in [4.69, 9.17) is 0 Å². The van der Waals surface area contributed by atoms with Crippen molar-refractivity contribution < 1.29 is 9.59 Å². The molecule has 2 atom stereocenters. The summed E-state index contributed by atoms with van der Waals surface area (Å²) in [4.78, 5) is 26.2. The van der Waals surface area contributed by atoms with Crippen molar-refractivity contribution in [1.29, 1.82) is 0 Å². The van der Waals surface area contributed by atoms with Crippen molar-refractivity contribution >= 4 is 11.8 Å². The summed E-state index contributed by atoms with van der Waals surface area (Å²) in [5.74, 6) is 0.484. The van der Waals surface area contributed by atoms with Crippen LogP contribution in [-0.2, 0) is 9.59 Å². The molecule has 0 aromatic carbocycles. The van der Waals surface area contributed by atoms with Crippen molar-refractivity contribution in [2.24, 2.45) is 5.92 Å². The van der Waals surface area contributed by atoms with Crippen LogP contribution in [0.15, 0.2) is 0 Å². The minimum Gasteiger partial charge on any atom is -0.340 e. The lowest BCUT2D eigenvalue weighted by molar-refractivity contribution is -0.153. The van der Waals surface area contributed by atoms with E-state index in [-0.39, 0.29) is 17.9 Å². The maximum absolute atomic E-state index is 12.4. The Labute approximate surface area is 116 Å². The Morgan fingerprint density at radius 2 is 1.95 bits per heavy atom. The lowest BCUT2D eigenvalue weighted by Gasteiger charge is -2.42. The van der Waals surface area contributed by atoms with E-state index in [1.54, 1.807) is 18.7 Å². The standard InChI is InChI=1S/C15H28N2O2/c1-6-8-9-12(7-2)10-17-11(3)13(18)16-15(4,5)14(17)19/h11-12H,6-10H2,1-5H3,(H,16,18). The van der Waals surface area contributed by atoms with Gasteiger partial charge in [-0.1, -0.05) is 33.1 Å². The van der Waals surface area contributed by atoms with Crippen LogP contribution in [0.5, 0.6) is 0 Å². The van der Waals surface area contributed by atoms with Gasteiger partial charge in [0, 0.05) is 6.54 Å². The van der Waals surface area contributed by atoms with Gasteiger partial charge in [0.05, 0.1) is 0 Å². The molecule has 0 radical (unpaired) electrons. The number of carbonyl (C=O) groups is 2. The number of nitrogens with one attached hydrogen (secondary N) is 1.